The molecule has 0 aromatic heterocycles. The maximum Gasteiger partial charge on any atom is 0.0823 e. The van der Waals surface area contributed by atoms with Gasteiger partial charge < -0.3 is 0 Å². The van der Waals surface area contributed by atoms with Crippen LogP contribution in [0.1, 0.15) is 56.6 Å². The van der Waals surface area contributed by atoms with Crippen molar-refractivity contribution in [3.05, 3.63) is 35.4 Å². The molecule has 1 aliphatic rings. The minimum atomic E-state index is -0.132. The predicted octanol–water partition coefficient (Wildman–Crippen LogP) is 4.15. The van der Waals surface area contributed by atoms with Crippen LogP contribution in [-0.2, 0) is 5.41 Å². The summed E-state index contributed by atoms with van der Waals surface area (Å²) in [5.41, 5.74) is 2.48. The topological polar surface area (TPSA) is 23.8 Å². The van der Waals surface area contributed by atoms with E-state index >= 15 is 0 Å². The van der Waals surface area contributed by atoms with Crippen molar-refractivity contribution in [2.75, 3.05) is 0 Å². The molecule has 1 saturated carbocycles. The van der Waals surface area contributed by atoms with E-state index in [2.05, 4.69) is 44.2 Å². The third-order valence-corrected chi connectivity index (χ3v) is 3.72. The van der Waals surface area contributed by atoms with Crippen LogP contribution in [0.2, 0.25) is 0 Å². The largest absolute Gasteiger partial charge is 0.197 e. The van der Waals surface area contributed by atoms with Gasteiger partial charge in [0.25, 0.3) is 0 Å². The summed E-state index contributed by atoms with van der Waals surface area (Å²) in [5, 5.41) is 9.12. The second-order valence-electron chi connectivity index (χ2n) is 5.01. The average Bonchev–Trinajstić information content (AvgIpc) is 3.10. The highest BCUT2D eigenvalue weighted by Gasteiger charge is 2.44. The van der Waals surface area contributed by atoms with E-state index in [0.29, 0.717) is 5.92 Å². The molecule has 84 valence electrons. The molecule has 1 nitrogen and oxygen atoms in total. The summed E-state index contributed by atoms with van der Waals surface area (Å²) in [5.74, 6) is 0.635. The van der Waals surface area contributed by atoms with Crippen molar-refractivity contribution in [1.82, 2.24) is 0 Å². The Bertz CT molecular complexity index is 392. The number of hydrogen-bond donors (Lipinski definition) is 0. The van der Waals surface area contributed by atoms with Crippen LogP contribution in [0.15, 0.2) is 24.3 Å². The minimum absolute atomic E-state index is 0.132. The molecule has 0 spiro atoms. The minimum Gasteiger partial charge on any atom is -0.197 e. The Morgan fingerprint density at radius 3 is 2.38 bits per heavy atom. The zero-order chi connectivity index (χ0) is 11.6. The van der Waals surface area contributed by atoms with Gasteiger partial charge >= 0.3 is 0 Å². The van der Waals surface area contributed by atoms with E-state index in [1.54, 1.807) is 0 Å². The molecular formula is C15H19N. The van der Waals surface area contributed by atoms with Gasteiger partial charge in [-0.05, 0) is 36.3 Å². The number of hydrogen-bond acceptors (Lipinski definition) is 1. The standard InChI is InChI=1S/C15H19N/c1-3-4-12(2)13-5-7-14(8-6-13)15(11-16)9-10-15/h5-8,12H,3-4,9-10H2,1-2H3. The first-order chi connectivity index (χ1) is 7.72. The molecule has 1 aliphatic carbocycles. The van der Waals surface area contributed by atoms with Gasteiger partial charge in [-0.1, -0.05) is 44.5 Å². The Morgan fingerprint density at radius 1 is 1.31 bits per heavy atom. The smallest absolute Gasteiger partial charge is 0.0823 e. The molecule has 1 atom stereocenters. The highest BCUT2D eigenvalue weighted by molar-refractivity contribution is 5.40. The van der Waals surface area contributed by atoms with Gasteiger partial charge in [-0.15, -0.1) is 0 Å². The molecule has 0 heterocycles. The summed E-state index contributed by atoms with van der Waals surface area (Å²) in [6, 6.07) is 11.1. The fraction of sp³-hybridized carbons (Fsp3) is 0.533. The van der Waals surface area contributed by atoms with Crippen molar-refractivity contribution in [3.8, 4) is 6.07 Å². The van der Waals surface area contributed by atoms with Gasteiger partial charge in [0.1, 0.15) is 0 Å². The molecule has 0 saturated heterocycles. The summed E-state index contributed by atoms with van der Waals surface area (Å²) < 4.78 is 0. The second kappa shape index (κ2) is 4.29. The van der Waals surface area contributed by atoms with Crippen molar-refractivity contribution in [1.29, 1.82) is 5.26 Å². The molecule has 1 fully saturated rings. The number of nitrogens with zero attached hydrogens (tertiary/aromatic N) is 1. The third-order valence-electron chi connectivity index (χ3n) is 3.72. The molecule has 1 aromatic carbocycles. The Labute approximate surface area is 98.1 Å². The molecule has 0 amide bonds. The summed E-state index contributed by atoms with van der Waals surface area (Å²) in [7, 11) is 0. The van der Waals surface area contributed by atoms with E-state index in [4.69, 9.17) is 5.26 Å². The Morgan fingerprint density at radius 2 is 1.94 bits per heavy atom. The van der Waals surface area contributed by atoms with Crippen LogP contribution in [0, 0.1) is 11.3 Å². The van der Waals surface area contributed by atoms with Crippen LogP contribution < -0.4 is 0 Å². The molecule has 16 heavy (non-hydrogen) atoms. The fourth-order valence-electron chi connectivity index (χ4n) is 2.32. The number of rotatable bonds is 4. The average molecular weight is 213 g/mol. The monoisotopic (exact) mass is 213 g/mol. The first-order valence-corrected chi connectivity index (χ1v) is 6.23. The first kappa shape index (κ1) is 11.2. The van der Waals surface area contributed by atoms with Crippen molar-refractivity contribution in [3.63, 3.8) is 0 Å². The van der Waals surface area contributed by atoms with Crippen molar-refractivity contribution < 1.29 is 0 Å². The fourth-order valence-corrected chi connectivity index (χ4v) is 2.32. The zero-order valence-corrected chi connectivity index (χ0v) is 10.2. The first-order valence-electron chi connectivity index (χ1n) is 6.23. The van der Waals surface area contributed by atoms with E-state index in [0.717, 1.165) is 12.8 Å². The lowest BCUT2D eigenvalue weighted by atomic mass is 9.92. The quantitative estimate of drug-likeness (QED) is 0.737. The number of benzene rings is 1. The van der Waals surface area contributed by atoms with Gasteiger partial charge in [0.2, 0.25) is 0 Å². The molecule has 0 aliphatic heterocycles. The van der Waals surface area contributed by atoms with Crippen LogP contribution >= 0.6 is 0 Å². The van der Waals surface area contributed by atoms with E-state index in [1.165, 1.54) is 24.0 Å². The Hall–Kier alpha value is -1.29. The molecule has 1 heteroatoms. The second-order valence-corrected chi connectivity index (χ2v) is 5.01. The van der Waals surface area contributed by atoms with E-state index in [1.807, 2.05) is 0 Å². The van der Waals surface area contributed by atoms with Crippen LogP contribution in [0.4, 0.5) is 0 Å². The Balaban J connectivity index is 2.14. The molecule has 0 radical (unpaired) electrons. The van der Waals surface area contributed by atoms with Crippen LogP contribution in [0.3, 0.4) is 0 Å². The lowest BCUT2D eigenvalue weighted by molar-refractivity contribution is 0.664. The predicted molar refractivity (Wildman–Crippen MR) is 66.3 cm³/mol. The van der Waals surface area contributed by atoms with Crippen LogP contribution in [0.25, 0.3) is 0 Å². The summed E-state index contributed by atoms with van der Waals surface area (Å²) in [4.78, 5) is 0. The van der Waals surface area contributed by atoms with Gasteiger partial charge in [-0.2, -0.15) is 5.26 Å². The zero-order valence-electron chi connectivity index (χ0n) is 10.2. The van der Waals surface area contributed by atoms with Crippen molar-refractivity contribution in [2.24, 2.45) is 0 Å². The molecule has 1 unspecified atom stereocenters. The summed E-state index contributed by atoms with van der Waals surface area (Å²) in [6.07, 6.45) is 4.54. The van der Waals surface area contributed by atoms with Crippen molar-refractivity contribution in [2.45, 2.75) is 50.9 Å². The lowest BCUT2D eigenvalue weighted by Gasteiger charge is -2.12. The van der Waals surface area contributed by atoms with Gasteiger partial charge in [0.05, 0.1) is 11.5 Å². The highest BCUT2D eigenvalue weighted by atomic mass is 14.5. The van der Waals surface area contributed by atoms with Crippen molar-refractivity contribution >= 4 is 0 Å². The van der Waals surface area contributed by atoms with Gasteiger partial charge in [-0.3, -0.25) is 0 Å². The molecule has 2 rings (SSSR count). The highest BCUT2D eigenvalue weighted by Crippen LogP contribution is 2.47. The van der Waals surface area contributed by atoms with E-state index in [9.17, 15) is 0 Å². The maximum absolute atomic E-state index is 9.12. The molecule has 1 aromatic rings. The van der Waals surface area contributed by atoms with Gasteiger partial charge in [0, 0.05) is 0 Å². The summed E-state index contributed by atoms with van der Waals surface area (Å²) in [6.45, 7) is 4.50. The normalized spacial score (nSPS) is 18.8. The maximum atomic E-state index is 9.12. The third kappa shape index (κ3) is 1.97. The Kier molecular flexibility index (Phi) is 3.01. The van der Waals surface area contributed by atoms with E-state index < -0.39 is 0 Å². The molecule has 0 bridgehead atoms. The number of nitriles is 1. The van der Waals surface area contributed by atoms with E-state index in [-0.39, 0.29) is 5.41 Å². The van der Waals surface area contributed by atoms with Crippen LogP contribution in [-0.4, -0.2) is 0 Å². The van der Waals surface area contributed by atoms with Gasteiger partial charge in [0.15, 0.2) is 0 Å². The SMILES string of the molecule is CCCC(C)c1ccc(C2(C#N)CC2)cc1. The summed E-state index contributed by atoms with van der Waals surface area (Å²) >= 11 is 0. The van der Waals surface area contributed by atoms with Gasteiger partial charge in [-0.25, -0.2) is 0 Å². The molecular weight excluding hydrogens is 194 g/mol. The molecule has 0 N–H and O–H groups in total. The van der Waals surface area contributed by atoms with Crippen LogP contribution in [0.5, 0.6) is 0 Å². The lowest BCUT2D eigenvalue weighted by Crippen LogP contribution is -2.02.